The fourth-order valence-electron chi connectivity index (χ4n) is 2.87. The molecule has 2 N–H and O–H groups in total. The number of nitrogens with one attached hydrogen (secondary N) is 2. The predicted octanol–water partition coefficient (Wildman–Crippen LogP) is 1.08. The molecule has 1 saturated heterocycles. The van der Waals surface area contributed by atoms with Crippen LogP contribution < -0.4 is 15.5 Å². The molecule has 9 heteroatoms. The molecule has 148 valence electrons. The van der Waals surface area contributed by atoms with Crippen LogP contribution in [-0.2, 0) is 9.59 Å². The molecular weight excluding hydrogens is 383 g/mol. The van der Waals surface area contributed by atoms with E-state index in [0.717, 1.165) is 5.69 Å². The molecule has 0 aliphatic carbocycles. The second kappa shape index (κ2) is 9.32. The van der Waals surface area contributed by atoms with Gasteiger partial charge in [-0.05, 0) is 35.7 Å². The fourth-order valence-corrected chi connectivity index (χ4v) is 3.51. The van der Waals surface area contributed by atoms with Gasteiger partial charge in [0.05, 0.1) is 18.0 Å². The number of rotatable bonds is 6. The van der Waals surface area contributed by atoms with Gasteiger partial charge in [0.2, 0.25) is 11.8 Å². The highest BCUT2D eigenvalue weighted by Crippen LogP contribution is 2.16. The van der Waals surface area contributed by atoms with Gasteiger partial charge in [0, 0.05) is 31.9 Å². The molecule has 1 aromatic carbocycles. The lowest BCUT2D eigenvalue weighted by Crippen LogP contribution is -2.51. The number of carbonyl (C=O) groups excluding carboxylic acids is 3. The summed E-state index contributed by atoms with van der Waals surface area (Å²) in [4.78, 5) is 40.2. The maximum absolute atomic E-state index is 13.0. The molecule has 1 aliphatic rings. The Bertz CT molecular complexity index is 818. The van der Waals surface area contributed by atoms with Gasteiger partial charge in [-0.1, -0.05) is 6.07 Å². The minimum absolute atomic E-state index is 0.107. The zero-order valence-corrected chi connectivity index (χ0v) is 16.0. The zero-order chi connectivity index (χ0) is 19.9. The maximum atomic E-state index is 13.0. The number of nitrogens with zero attached hydrogens (tertiary/aromatic N) is 2. The van der Waals surface area contributed by atoms with Crippen LogP contribution in [0.5, 0.6) is 0 Å². The first-order chi connectivity index (χ1) is 13.5. The molecule has 28 heavy (non-hydrogen) atoms. The van der Waals surface area contributed by atoms with Crippen molar-refractivity contribution in [3.8, 4) is 0 Å². The first kappa shape index (κ1) is 19.8. The number of piperazine rings is 1. The van der Waals surface area contributed by atoms with Gasteiger partial charge in [-0.3, -0.25) is 14.4 Å². The third kappa shape index (κ3) is 5.29. The van der Waals surface area contributed by atoms with Crippen molar-refractivity contribution in [2.24, 2.45) is 0 Å². The summed E-state index contributed by atoms with van der Waals surface area (Å²) in [5.41, 5.74) is 0.920. The Morgan fingerprint density at radius 1 is 0.964 bits per heavy atom. The van der Waals surface area contributed by atoms with E-state index in [9.17, 15) is 18.8 Å². The number of carbonyl (C=O) groups is 3. The van der Waals surface area contributed by atoms with Crippen molar-refractivity contribution in [1.29, 1.82) is 0 Å². The molecule has 0 radical (unpaired) electrons. The Hall–Kier alpha value is -2.94. The monoisotopic (exact) mass is 404 g/mol. The molecule has 3 amide bonds. The molecule has 3 rings (SSSR count). The average molecular weight is 404 g/mol. The summed E-state index contributed by atoms with van der Waals surface area (Å²) in [6.45, 7) is 2.05. The van der Waals surface area contributed by atoms with Gasteiger partial charge in [0.1, 0.15) is 5.82 Å². The van der Waals surface area contributed by atoms with Crippen LogP contribution in [0.3, 0.4) is 0 Å². The van der Waals surface area contributed by atoms with Crippen molar-refractivity contribution in [3.05, 3.63) is 52.5 Å². The zero-order valence-electron chi connectivity index (χ0n) is 15.2. The number of anilines is 1. The Labute approximate surface area is 166 Å². The molecule has 0 saturated carbocycles. The standard InChI is InChI=1S/C19H21FN4O3S/c20-14-3-5-15(6-4-14)23-7-9-24(10-8-23)18(26)13-21-17(25)12-22-19(27)16-2-1-11-28-16/h1-6,11H,7-10,12-13H2,(H,21,25)(H,22,27). The molecule has 0 bridgehead atoms. The van der Waals surface area contributed by atoms with Crippen LogP contribution in [0.4, 0.5) is 10.1 Å². The molecular formula is C19H21FN4O3S. The third-order valence-electron chi connectivity index (χ3n) is 4.42. The van der Waals surface area contributed by atoms with Gasteiger partial charge < -0.3 is 20.4 Å². The lowest BCUT2D eigenvalue weighted by atomic mass is 10.2. The van der Waals surface area contributed by atoms with Crippen molar-refractivity contribution < 1.29 is 18.8 Å². The van der Waals surface area contributed by atoms with Crippen molar-refractivity contribution in [1.82, 2.24) is 15.5 Å². The van der Waals surface area contributed by atoms with E-state index in [1.165, 1.54) is 23.5 Å². The highest BCUT2D eigenvalue weighted by atomic mass is 32.1. The van der Waals surface area contributed by atoms with E-state index >= 15 is 0 Å². The average Bonchev–Trinajstić information content (AvgIpc) is 3.26. The first-order valence-electron chi connectivity index (χ1n) is 8.89. The van der Waals surface area contributed by atoms with Crippen molar-refractivity contribution >= 4 is 34.7 Å². The van der Waals surface area contributed by atoms with E-state index < -0.39 is 5.91 Å². The van der Waals surface area contributed by atoms with Crippen LogP contribution in [0.1, 0.15) is 9.67 Å². The molecule has 1 aromatic heterocycles. The van der Waals surface area contributed by atoms with Gasteiger partial charge in [0.25, 0.3) is 5.91 Å². The van der Waals surface area contributed by atoms with E-state index in [1.54, 1.807) is 34.5 Å². The Kier molecular flexibility index (Phi) is 6.59. The third-order valence-corrected chi connectivity index (χ3v) is 5.28. The van der Waals surface area contributed by atoms with E-state index in [4.69, 9.17) is 0 Å². The van der Waals surface area contributed by atoms with Crippen LogP contribution in [0.15, 0.2) is 41.8 Å². The first-order valence-corrected chi connectivity index (χ1v) is 9.77. The maximum Gasteiger partial charge on any atom is 0.261 e. The molecule has 1 aliphatic heterocycles. The summed E-state index contributed by atoms with van der Waals surface area (Å²) < 4.78 is 13.0. The number of amides is 3. The number of thiophene rings is 1. The molecule has 0 unspecified atom stereocenters. The van der Waals surface area contributed by atoms with Gasteiger partial charge in [-0.15, -0.1) is 11.3 Å². The Morgan fingerprint density at radius 2 is 1.68 bits per heavy atom. The largest absolute Gasteiger partial charge is 0.368 e. The van der Waals surface area contributed by atoms with Crippen LogP contribution in [0.25, 0.3) is 0 Å². The van der Waals surface area contributed by atoms with E-state index in [1.807, 2.05) is 0 Å². The number of benzene rings is 1. The molecule has 0 spiro atoms. The summed E-state index contributed by atoms with van der Waals surface area (Å²) in [5, 5.41) is 6.83. The van der Waals surface area contributed by atoms with Crippen LogP contribution in [0, 0.1) is 5.82 Å². The summed E-state index contributed by atoms with van der Waals surface area (Å²) in [6.07, 6.45) is 0. The topological polar surface area (TPSA) is 81.8 Å². The molecule has 1 fully saturated rings. The second-order valence-corrected chi connectivity index (χ2v) is 7.23. The fraction of sp³-hybridized carbons (Fsp3) is 0.316. The van der Waals surface area contributed by atoms with Crippen LogP contribution in [0.2, 0.25) is 0 Å². The number of hydrogen-bond acceptors (Lipinski definition) is 5. The van der Waals surface area contributed by atoms with Crippen molar-refractivity contribution in [2.45, 2.75) is 0 Å². The summed E-state index contributed by atoms with van der Waals surface area (Å²) in [7, 11) is 0. The quantitative estimate of drug-likeness (QED) is 0.755. The molecule has 2 heterocycles. The molecule has 0 atom stereocenters. The Morgan fingerprint density at radius 3 is 2.32 bits per heavy atom. The number of halogens is 1. The van der Waals surface area contributed by atoms with Gasteiger partial charge in [-0.25, -0.2) is 4.39 Å². The minimum Gasteiger partial charge on any atom is -0.368 e. The highest BCUT2D eigenvalue weighted by Gasteiger charge is 2.21. The van der Waals surface area contributed by atoms with Gasteiger partial charge in [0.15, 0.2) is 0 Å². The molecule has 2 aromatic rings. The van der Waals surface area contributed by atoms with Crippen LogP contribution in [-0.4, -0.2) is 61.9 Å². The predicted molar refractivity (Wildman–Crippen MR) is 105 cm³/mol. The SMILES string of the molecule is O=C(CNC(=O)c1cccs1)NCC(=O)N1CCN(c2ccc(F)cc2)CC1. The van der Waals surface area contributed by atoms with E-state index in [-0.39, 0.29) is 30.7 Å². The smallest absolute Gasteiger partial charge is 0.261 e. The number of hydrogen-bond donors (Lipinski definition) is 2. The van der Waals surface area contributed by atoms with Crippen molar-refractivity contribution in [2.75, 3.05) is 44.2 Å². The second-order valence-electron chi connectivity index (χ2n) is 6.28. The summed E-state index contributed by atoms with van der Waals surface area (Å²) in [6, 6.07) is 9.70. The normalized spacial score (nSPS) is 13.9. The molecule has 7 nitrogen and oxygen atoms in total. The van der Waals surface area contributed by atoms with Crippen molar-refractivity contribution in [3.63, 3.8) is 0 Å². The summed E-state index contributed by atoms with van der Waals surface area (Å²) >= 11 is 1.29. The highest BCUT2D eigenvalue weighted by molar-refractivity contribution is 7.12. The van der Waals surface area contributed by atoms with Crippen LogP contribution >= 0.6 is 11.3 Å². The van der Waals surface area contributed by atoms with E-state index in [0.29, 0.717) is 31.1 Å². The van der Waals surface area contributed by atoms with E-state index in [2.05, 4.69) is 15.5 Å². The minimum atomic E-state index is -0.414. The van der Waals surface area contributed by atoms with Gasteiger partial charge >= 0.3 is 0 Å². The summed E-state index contributed by atoms with van der Waals surface area (Å²) in [5.74, 6) is -1.17. The Balaban J connectivity index is 1.36. The lowest BCUT2D eigenvalue weighted by molar-refractivity contribution is -0.132. The van der Waals surface area contributed by atoms with Gasteiger partial charge in [-0.2, -0.15) is 0 Å². The lowest BCUT2D eigenvalue weighted by Gasteiger charge is -2.36.